The number of nitrogens with two attached hydrogens (primary N) is 1. The van der Waals surface area contributed by atoms with Crippen LogP contribution in [0.5, 0.6) is 0 Å². The molecule has 0 aromatic heterocycles. The summed E-state index contributed by atoms with van der Waals surface area (Å²) in [6.45, 7) is 3.48. The Labute approximate surface area is 102 Å². The monoisotopic (exact) mass is 250 g/mol. The van der Waals surface area contributed by atoms with E-state index < -0.39 is 0 Å². The molecular weight excluding hydrogens is 235 g/mol. The van der Waals surface area contributed by atoms with E-state index in [1.54, 1.807) is 0 Å². The van der Waals surface area contributed by atoms with Gasteiger partial charge in [-0.2, -0.15) is 0 Å². The smallest absolute Gasteiger partial charge is 0.0642 e. The first-order chi connectivity index (χ1) is 6.38. The minimum atomic E-state index is 0. The predicted molar refractivity (Wildman–Crippen MR) is 68.4 cm³/mol. The molecule has 2 N–H and O–H groups in total. The van der Waals surface area contributed by atoms with Gasteiger partial charge in [0.25, 0.3) is 0 Å². The van der Waals surface area contributed by atoms with Crippen molar-refractivity contribution in [1.29, 1.82) is 0 Å². The van der Waals surface area contributed by atoms with E-state index in [4.69, 9.17) is 10.5 Å². The molecular formula is C10H16Cl2N2O. The van der Waals surface area contributed by atoms with Crippen molar-refractivity contribution in [3.05, 3.63) is 24.3 Å². The Hall–Kier alpha value is -0.640. The van der Waals surface area contributed by atoms with Crippen LogP contribution < -0.4 is 10.6 Å². The standard InChI is InChI=1S/C10H14N2O.2ClH/c11-9-3-1-2-4-10(9)12-5-7-13-8-6-12;;/h1-4H,5-8,11H2;2*1H. The van der Waals surface area contributed by atoms with Gasteiger partial charge in [0, 0.05) is 13.1 Å². The summed E-state index contributed by atoms with van der Waals surface area (Å²) in [4.78, 5) is 2.26. The molecule has 0 spiro atoms. The lowest BCUT2D eigenvalue weighted by Crippen LogP contribution is -2.36. The summed E-state index contributed by atoms with van der Waals surface area (Å²) in [5.74, 6) is 0. The average molecular weight is 251 g/mol. The van der Waals surface area contributed by atoms with Gasteiger partial charge in [0.05, 0.1) is 24.6 Å². The van der Waals surface area contributed by atoms with E-state index in [-0.39, 0.29) is 24.8 Å². The molecule has 3 nitrogen and oxygen atoms in total. The number of halogens is 2. The number of rotatable bonds is 1. The van der Waals surface area contributed by atoms with Gasteiger partial charge in [0.1, 0.15) is 0 Å². The molecule has 1 heterocycles. The van der Waals surface area contributed by atoms with Gasteiger partial charge in [0.2, 0.25) is 0 Å². The number of ether oxygens (including phenoxy) is 1. The first-order valence-corrected chi connectivity index (χ1v) is 4.55. The third-order valence-corrected chi connectivity index (χ3v) is 2.29. The molecule has 1 fully saturated rings. The third kappa shape index (κ3) is 3.45. The highest BCUT2D eigenvalue weighted by Crippen LogP contribution is 2.22. The maximum Gasteiger partial charge on any atom is 0.0642 e. The highest BCUT2D eigenvalue weighted by Gasteiger charge is 2.12. The topological polar surface area (TPSA) is 38.5 Å². The molecule has 15 heavy (non-hydrogen) atoms. The van der Waals surface area contributed by atoms with Gasteiger partial charge in [-0.05, 0) is 12.1 Å². The van der Waals surface area contributed by atoms with Crippen molar-refractivity contribution in [2.24, 2.45) is 0 Å². The fraction of sp³-hybridized carbons (Fsp3) is 0.400. The van der Waals surface area contributed by atoms with Gasteiger partial charge in [-0.15, -0.1) is 24.8 Å². The summed E-state index contributed by atoms with van der Waals surface area (Å²) in [5.41, 5.74) is 7.85. The van der Waals surface area contributed by atoms with E-state index in [1.807, 2.05) is 18.2 Å². The van der Waals surface area contributed by atoms with Crippen LogP contribution in [0.3, 0.4) is 0 Å². The van der Waals surface area contributed by atoms with Crippen molar-refractivity contribution in [3.63, 3.8) is 0 Å². The minimum Gasteiger partial charge on any atom is -0.397 e. The zero-order valence-corrected chi connectivity index (χ0v) is 10.0. The van der Waals surface area contributed by atoms with Crippen molar-refractivity contribution < 1.29 is 4.74 Å². The van der Waals surface area contributed by atoms with Crippen LogP contribution in [0.25, 0.3) is 0 Å². The number of hydrogen-bond acceptors (Lipinski definition) is 3. The maximum absolute atomic E-state index is 5.87. The number of para-hydroxylation sites is 2. The van der Waals surface area contributed by atoms with Crippen molar-refractivity contribution in [1.82, 2.24) is 0 Å². The van der Waals surface area contributed by atoms with Gasteiger partial charge in [-0.3, -0.25) is 0 Å². The van der Waals surface area contributed by atoms with Gasteiger partial charge >= 0.3 is 0 Å². The van der Waals surface area contributed by atoms with Crippen molar-refractivity contribution in [2.75, 3.05) is 36.9 Å². The second-order valence-corrected chi connectivity index (χ2v) is 3.16. The number of benzene rings is 1. The quantitative estimate of drug-likeness (QED) is 0.775. The van der Waals surface area contributed by atoms with E-state index in [0.717, 1.165) is 37.7 Å². The molecule has 1 aromatic rings. The molecule has 86 valence electrons. The first kappa shape index (κ1) is 14.4. The van der Waals surface area contributed by atoms with Crippen LogP contribution in [0.2, 0.25) is 0 Å². The number of anilines is 2. The maximum atomic E-state index is 5.87. The predicted octanol–water partition coefficient (Wildman–Crippen LogP) is 1.95. The van der Waals surface area contributed by atoms with Crippen LogP contribution >= 0.6 is 24.8 Å². The molecule has 0 unspecified atom stereocenters. The Morgan fingerprint density at radius 1 is 1.07 bits per heavy atom. The summed E-state index contributed by atoms with van der Waals surface area (Å²) < 4.78 is 5.28. The van der Waals surface area contributed by atoms with E-state index in [9.17, 15) is 0 Å². The average Bonchev–Trinajstić information content (AvgIpc) is 2.20. The van der Waals surface area contributed by atoms with Gasteiger partial charge < -0.3 is 15.4 Å². The van der Waals surface area contributed by atoms with Crippen molar-refractivity contribution >= 4 is 36.2 Å². The highest BCUT2D eigenvalue weighted by atomic mass is 35.5. The van der Waals surface area contributed by atoms with Crippen LogP contribution in [0.4, 0.5) is 11.4 Å². The zero-order valence-electron chi connectivity index (χ0n) is 8.39. The molecule has 0 bridgehead atoms. The largest absolute Gasteiger partial charge is 0.397 e. The number of hydrogen-bond donors (Lipinski definition) is 1. The van der Waals surface area contributed by atoms with Gasteiger partial charge in [0.15, 0.2) is 0 Å². The summed E-state index contributed by atoms with van der Waals surface area (Å²) in [6, 6.07) is 7.96. The second-order valence-electron chi connectivity index (χ2n) is 3.16. The first-order valence-electron chi connectivity index (χ1n) is 4.55. The van der Waals surface area contributed by atoms with E-state index in [0.29, 0.717) is 0 Å². The normalized spacial score (nSPS) is 15.1. The summed E-state index contributed by atoms with van der Waals surface area (Å²) >= 11 is 0. The molecule has 1 aromatic carbocycles. The lowest BCUT2D eigenvalue weighted by Gasteiger charge is -2.29. The Bertz CT molecular complexity index is 291. The molecule has 0 amide bonds. The molecule has 0 radical (unpaired) electrons. The summed E-state index contributed by atoms with van der Waals surface area (Å²) in [6.07, 6.45) is 0. The van der Waals surface area contributed by atoms with E-state index >= 15 is 0 Å². The van der Waals surface area contributed by atoms with Crippen LogP contribution in [0.1, 0.15) is 0 Å². The number of morpholine rings is 1. The van der Waals surface area contributed by atoms with Crippen LogP contribution in [0, 0.1) is 0 Å². The molecule has 2 rings (SSSR count). The Kier molecular flexibility index (Phi) is 6.48. The zero-order chi connectivity index (χ0) is 9.10. The molecule has 1 aliphatic rings. The molecule has 5 heteroatoms. The van der Waals surface area contributed by atoms with E-state index in [1.165, 1.54) is 0 Å². The third-order valence-electron chi connectivity index (χ3n) is 2.29. The number of nitrogen functional groups attached to an aromatic ring is 1. The molecule has 0 aliphatic carbocycles. The number of nitrogens with zero attached hydrogens (tertiary/aromatic N) is 1. The van der Waals surface area contributed by atoms with E-state index in [2.05, 4.69) is 11.0 Å². The lowest BCUT2D eigenvalue weighted by atomic mass is 10.2. The van der Waals surface area contributed by atoms with Gasteiger partial charge in [-0.1, -0.05) is 12.1 Å². The molecule has 0 atom stereocenters. The molecule has 1 aliphatic heterocycles. The summed E-state index contributed by atoms with van der Waals surface area (Å²) in [5, 5.41) is 0. The Morgan fingerprint density at radius 2 is 1.67 bits per heavy atom. The molecule has 1 saturated heterocycles. The Balaban J connectivity index is 0.000000980. The summed E-state index contributed by atoms with van der Waals surface area (Å²) in [7, 11) is 0. The van der Waals surface area contributed by atoms with Crippen molar-refractivity contribution in [2.45, 2.75) is 0 Å². The Morgan fingerprint density at radius 3 is 2.27 bits per heavy atom. The minimum absolute atomic E-state index is 0. The highest BCUT2D eigenvalue weighted by molar-refractivity contribution is 5.85. The fourth-order valence-corrected chi connectivity index (χ4v) is 1.58. The second kappa shape index (κ2) is 6.77. The van der Waals surface area contributed by atoms with Crippen LogP contribution in [0.15, 0.2) is 24.3 Å². The van der Waals surface area contributed by atoms with Gasteiger partial charge in [-0.25, -0.2) is 0 Å². The van der Waals surface area contributed by atoms with Crippen LogP contribution in [-0.4, -0.2) is 26.3 Å². The SMILES string of the molecule is Cl.Cl.Nc1ccccc1N1CCOCC1. The lowest BCUT2D eigenvalue weighted by molar-refractivity contribution is 0.123. The fourth-order valence-electron chi connectivity index (χ4n) is 1.58. The van der Waals surface area contributed by atoms with Crippen molar-refractivity contribution in [3.8, 4) is 0 Å². The van der Waals surface area contributed by atoms with Crippen LogP contribution in [-0.2, 0) is 4.74 Å². The molecule has 0 saturated carbocycles.